The van der Waals surface area contributed by atoms with Crippen molar-refractivity contribution in [3.63, 3.8) is 0 Å². The predicted molar refractivity (Wildman–Crippen MR) is 85.9 cm³/mol. The summed E-state index contributed by atoms with van der Waals surface area (Å²) in [5.74, 6) is 0.640. The fourth-order valence-electron chi connectivity index (χ4n) is 2.34. The topological polar surface area (TPSA) is 40.5 Å². The molecule has 0 aliphatic rings. The van der Waals surface area contributed by atoms with Crippen LogP contribution in [-0.2, 0) is 11.3 Å². The zero-order chi connectivity index (χ0) is 15.4. The van der Waals surface area contributed by atoms with Crippen LogP contribution in [0.3, 0.4) is 0 Å². The molecule has 1 heterocycles. The van der Waals surface area contributed by atoms with Crippen molar-refractivity contribution in [3.8, 4) is 5.75 Å². The molecule has 21 heavy (non-hydrogen) atoms. The number of ether oxygens (including phenoxy) is 2. The SMILES string of the molecule is [B]c1cc(OC)cc2c1ccc(=O)n2CC(C)OCCC. The molecule has 2 radical (unpaired) electrons. The van der Waals surface area contributed by atoms with Gasteiger partial charge in [0.2, 0.25) is 0 Å². The van der Waals surface area contributed by atoms with E-state index in [1.165, 1.54) is 6.07 Å². The highest BCUT2D eigenvalue weighted by Crippen LogP contribution is 2.17. The Morgan fingerprint density at radius 2 is 2.10 bits per heavy atom. The molecular formula is C16H20BNO3. The Hall–Kier alpha value is -1.75. The molecule has 4 nitrogen and oxygen atoms in total. The van der Waals surface area contributed by atoms with Gasteiger partial charge in [-0.2, -0.15) is 0 Å². The number of fused-ring (bicyclic) bond motifs is 1. The first-order valence-electron chi connectivity index (χ1n) is 7.15. The molecule has 0 aliphatic heterocycles. The highest BCUT2D eigenvalue weighted by molar-refractivity contribution is 6.38. The van der Waals surface area contributed by atoms with Gasteiger partial charge in [0, 0.05) is 18.7 Å². The monoisotopic (exact) mass is 285 g/mol. The number of hydrogen-bond acceptors (Lipinski definition) is 3. The molecule has 5 heteroatoms. The highest BCUT2D eigenvalue weighted by Gasteiger charge is 2.10. The van der Waals surface area contributed by atoms with Crippen LogP contribution >= 0.6 is 0 Å². The van der Waals surface area contributed by atoms with Gasteiger partial charge in [0.15, 0.2) is 0 Å². The Morgan fingerprint density at radius 3 is 2.76 bits per heavy atom. The van der Waals surface area contributed by atoms with Crippen LogP contribution in [0.1, 0.15) is 20.3 Å². The lowest BCUT2D eigenvalue weighted by molar-refractivity contribution is 0.0550. The Bertz CT molecular complexity index is 681. The third-order valence-corrected chi connectivity index (χ3v) is 3.39. The van der Waals surface area contributed by atoms with Crippen molar-refractivity contribution in [2.45, 2.75) is 32.9 Å². The summed E-state index contributed by atoms with van der Waals surface area (Å²) in [6, 6.07) is 6.88. The molecule has 1 aromatic heterocycles. The van der Waals surface area contributed by atoms with Crippen LogP contribution in [0.15, 0.2) is 29.1 Å². The van der Waals surface area contributed by atoms with Gasteiger partial charge in [-0.25, -0.2) is 0 Å². The predicted octanol–water partition coefficient (Wildman–Crippen LogP) is 1.62. The molecule has 2 aromatic rings. The summed E-state index contributed by atoms with van der Waals surface area (Å²) >= 11 is 0. The lowest BCUT2D eigenvalue weighted by atomic mass is 9.91. The normalized spacial score (nSPS) is 12.5. The zero-order valence-electron chi connectivity index (χ0n) is 12.8. The molecule has 0 saturated heterocycles. The molecule has 0 N–H and O–H groups in total. The Balaban J connectivity index is 2.48. The van der Waals surface area contributed by atoms with E-state index in [4.69, 9.17) is 17.3 Å². The molecule has 0 aliphatic carbocycles. The summed E-state index contributed by atoms with van der Waals surface area (Å²) in [5, 5.41) is 0.845. The molecule has 0 saturated carbocycles. The number of methoxy groups -OCH3 is 1. The first kappa shape index (κ1) is 15.6. The lowest BCUT2D eigenvalue weighted by Gasteiger charge is -2.17. The maximum atomic E-state index is 12.2. The van der Waals surface area contributed by atoms with Crippen molar-refractivity contribution < 1.29 is 9.47 Å². The van der Waals surface area contributed by atoms with E-state index in [0.29, 0.717) is 24.4 Å². The molecule has 0 bridgehead atoms. The van der Waals surface area contributed by atoms with Crippen molar-refractivity contribution in [3.05, 3.63) is 34.6 Å². The summed E-state index contributed by atoms with van der Waals surface area (Å²) in [4.78, 5) is 12.2. The average molecular weight is 285 g/mol. The van der Waals surface area contributed by atoms with Crippen LogP contribution < -0.4 is 15.8 Å². The van der Waals surface area contributed by atoms with Gasteiger partial charge in [-0.15, -0.1) is 0 Å². The van der Waals surface area contributed by atoms with E-state index in [2.05, 4.69) is 6.92 Å². The van der Waals surface area contributed by atoms with Gasteiger partial charge in [0.25, 0.3) is 5.56 Å². The van der Waals surface area contributed by atoms with Crippen LogP contribution in [0.4, 0.5) is 0 Å². The maximum absolute atomic E-state index is 12.2. The Kier molecular flexibility index (Phi) is 5.07. The Labute approximate surface area is 126 Å². The number of aromatic nitrogens is 1. The molecule has 1 aromatic carbocycles. The van der Waals surface area contributed by atoms with E-state index in [1.807, 2.05) is 13.0 Å². The molecule has 1 unspecified atom stereocenters. The van der Waals surface area contributed by atoms with E-state index >= 15 is 0 Å². The molecule has 2 rings (SSSR count). The minimum Gasteiger partial charge on any atom is -0.497 e. The maximum Gasteiger partial charge on any atom is 0.251 e. The zero-order valence-corrected chi connectivity index (χ0v) is 12.8. The van der Waals surface area contributed by atoms with Crippen LogP contribution in [0.25, 0.3) is 10.9 Å². The van der Waals surface area contributed by atoms with Gasteiger partial charge >= 0.3 is 0 Å². The fraction of sp³-hybridized carbons (Fsp3) is 0.438. The van der Waals surface area contributed by atoms with E-state index < -0.39 is 0 Å². The van der Waals surface area contributed by atoms with Crippen LogP contribution in [0.5, 0.6) is 5.75 Å². The molecule has 0 fully saturated rings. The summed E-state index contributed by atoms with van der Waals surface area (Å²) in [5.41, 5.74) is 1.30. The van der Waals surface area contributed by atoms with Gasteiger partial charge in [-0.1, -0.05) is 12.4 Å². The second-order valence-corrected chi connectivity index (χ2v) is 5.11. The number of pyridine rings is 1. The third-order valence-electron chi connectivity index (χ3n) is 3.39. The van der Waals surface area contributed by atoms with Gasteiger partial charge in [-0.3, -0.25) is 4.79 Å². The molecule has 110 valence electrons. The second kappa shape index (κ2) is 6.81. The molecule has 0 amide bonds. The fourth-order valence-corrected chi connectivity index (χ4v) is 2.34. The van der Waals surface area contributed by atoms with Gasteiger partial charge in [-0.05, 0) is 30.9 Å². The third kappa shape index (κ3) is 3.48. The van der Waals surface area contributed by atoms with Crippen molar-refractivity contribution in [1.29, 1.82) is 0 Å². The quantitative estimate of drug-likeness (QED) is 0.757. The molecule has 0 spiro atoms. The van der Waals surface area contributed by atoms with Crippen molar-refractivity contribution in [2.24, 2.45) is 0 Å². The minimum absolute atomic E-state index is 0.0410. The summed E-state index contributed by atoms with van der Waals surface area (Å²) < 4.78 is 12.6. The summed E-state index contributed by atoms with van der Waals surface area (Å²) in [6.45, 7) is 5.20. The van der Waals surface area contributed by atoms with Crippen molar-refractivity contribution >= 4 is 24.2 Å². The van der Waals surface area contributed by atoms with Crippen LogP contribution in [0.2, 0.25) is 0 Å². The number of benzene rings is 1. The highest BCUT2D eigenvalue weighted by atomic mass is 16.5. The first-order chi connectivity index (χ1) is 10.1. The summed E-state index contributed by atoms with van der Waals surface area (Å²) in [6.07, 6.45) is 0.913. The van der Waals surface area contributed by atoms with Gasteiger partial charge in [0.05, 0.1) is 25.3 Å². The first-order valence-corrected chi connectivity index (χ1v) is 7.15. The molecular weight excluding hydrogens is 265 g/mol. The lowest BCUT2D eigenvalue weighted by Crippen LogP contribution is -2.27. The van der Waals surface area contributed by atoms with Crippen molar-refractivity contribution in [1.82, 2.24) is 4.57 Å². The average Bonchev–Trinajstić information content (AvgIpc) is 2.47. The van der Waals surface area contributed by atoms with E-state index in [-0.39, 0.29) is 11.7 Å². The van der Waals surface area contributed by atoms with E-state index in [9.17, 15) is 4.79 Å². The minimum atomic E-state index is -0.0675. The van der Waals surface area contributed by atoms with E-state index in [1.54, 1.807) is 23.8 Å². The van der Waals surface area contributed by atoms with Crippen LogP contribution in [0, 0.1) is 0 Å². The Morgan fingerprint density at radius 1 is 1.33 bits per heavy atom. The van der Waals surface area contributed by atoms with Gasteiger partial charge < -0.3 is 14.0 Å². The molecule has 1 atom stereocenters. The smallest absolute Gasteiger partial charge is 0.251 e. The number of rotatable bonds is 6. The largest absolute Gasteiger partial charge is 0.497 e. The second-order valence-electron chi connectivity index (χ2n) is 5.11. The van der Waals surface area contributed by atoms with Gasteiger partial charge in [0.1, 0.15) is 13.6 Å². The standard InChI is InChI=1S/C16H20BNO3/c1-4-7-21-11(2)10-18-15-9-12(20-3)8-14(17)13(15)5-6-16(18)19/h5-6,8-9,11H,4,7,10H2,1-3H3. The van der Waals surface area contributed by atoms with Crippen molar-refractivity contribution in [2.75, 3.05) is 13.7 Å². The number of nitrogens with zero attached hydrogens (tertiary/aromatic N) is 1. The van der Waals surface area contributed by atoms with Crippen LogP contribution in [-0.4, -0.2) is 32.2 Å². The number of hydrogen-bond donors (Lipinski definition) is 0. The summed E-state index contributed by atoms with van der Waals surface area (Å²) in [7, 11) is 7.62. The van der Waals surface area contributed by atoms with E-state index in [0.717, 1.165) is 17.3 Å².